The molecule has 1 rings (SSSR count). The van der Waals surface area contributed by atoms with Gasteiger partial charge in [0.15, 0.2) is 6.40 Å². The van der Waals surface area contributed by atoms with E-state index in [0.29, 0.717) is 17.9 Å². The van der Waals surface area contributed by atoms with Gasteiger partial charge in [0.1, 0.15) is 17.3 Å². The Labute approximate surface area is 75.6 Å². The Balaban J connectivity index is 2.84. The van der Waals surface area contributed by atoms with Crippen LogP contribution < -0.4 is 0 Å². The van der Waals surface area contributed by atoms with E-state index in [9.17, 15) is 0 Å². The highest BCUT2D eigenvalue weighted by molar-refractivity contribution is 5.57. The lowest BCUT2D eigenvalue weighted by Gasteiger charge is -1.89. The van der Waals surface area contributed by atoms with Crippen molar-refractivity contribution in [3.05, 3.63) is 11.3 Å². The molecule has 0 aliphatic carbocycles. The maximum absolute atomic E-state index is 8.68. The highest BCUT2D eigenvalue weighted by Gasteiger charge is 2.10. The van der Waals surface area contributed by atoms with Crippen LogP contribution >= 0.6 is 0 Å². The number of aromatic nitrogens is 1. The Morgan fingerprint density at radius 2 is 2.54 bits per heavy atom. The minimum absolute atomic E-state index is 0.188. The van der Waals surface area contributed by atoms with E-state index in [1.807, 2.05) is 13.0 Å². The number of aliphatic imine (C=N–C) groups is 1. The van der Waals surface area contributed by atoms with Crippen molar-refractivity contribution >= 4 is 12.3 Å². The summed E-state index contributed by atoms with van der Waals surface area (Å²) in [6.45, 7) is 4.04. The molecule has 0 amide bonds. The van der Waals surface area contributed by atoms with Crippen molar-refractivity contribution < 1.29 is 9.26 Å². The van der Waals surface area contributed by atoms with E-state index in [0.717, 1.165) is 0 Å². The third-order valence-electron chi connectivity index (χ3n) is 1.37. The minimum Gasteiger partial charge on any atom is -0.483 e. The molecule has 1 heterocycles. The Kier molecular flexibility index (Phi) is 3.03. The molecule has 1 aromatic rings. The monoisotopic (exact) mass is 179 g/mol. The summed E-state index contributed by atoms with van der Waals surface area (Å²) >= 11 is 0. The Bertz CT molecular complexity index is 349. The van der Waals surface area contributed by atoms with Crippen molar-refractivity contribution in [1.29, 1.82) is 5.26 Å². The van der Waals surface area contributed by atoms with E-state index in [4.69, 9.17) is 14.5 Å². The van der Waals surface area contributed by atoms with E-state index in [1.54, 1.807) is 6.92 Å². The Hall–Kier alpha value is -1.83. The van der Waals surface area contributed by atoms with Crippen LogP contribution in [0.1, 0.15) is 18.2 Å². The molecule has 68 valence electrons. The van der Waals surface area contributed by atoms with Gasteiger partial charge in [-0.3, -0.25) is 0 Å². The van der Waals surface area contributed by atoms with E-state index >= 15 is 0 Å². The van der Waals surface area contributed by atoms with Crippen LogP contribution in [0.5, 0.6) is 0 Å². The normalized spacial score (nSPS) is 10.2. The Morgan fingerprint density at radius 1 is 1.77 bits per heavy atom. The van der Waals surface area contributed by atoms with Crippen molar-refractivity contribution in [2.75, 3.05) is 6.61 Å². The topological polar surface area (TPSA) is 71.4 Å². The van der Waals surface area contributed by atoms with Gasteiger partial charge < -0.3 is 9.26 Å². The lowest BCUT2D eigenvalue weighted by atomic mass is 10.3. The molecule has 0 aliphatic rings. The predicted molar refractivity (Wildman–Crippen MR) is 45.7 cm³/mol. The van der Waals surface area contributed by atoms with Gasteiger partial charge in [0.25, 0.3) is 5.88 Å². The van der Waals surface area contributed by atoms with Crippen LogP contribution in [0.4, 0.5) is 5.88 Å². The zero-order chi connectivity index (χ0) is 9.68. The van der Waals surface area contributed by atoms with E-state index in [-0.39, 0.29) is 5.88 Å². The fourth-order valence-electron chi connectivity index (χ4n) is 0.734. The largest absolute Gasteiger partial charge is 0.483 e. The summed E-state index contributed by atoms with van der Waals surface area (Å²) < 4.78 is 9.64. The lowest BCUT2D eigenvalue weighted by molar-refractivity contribution is 0.341. The molecule has 0 fully saturated rings. The summed E-state index contributed by atoms with van der Waals surface area (Å²) in [7, 11) is 0. The van der Waals surface area contributed by atoms with Gasteiger partial charge in [0, 0.05) is 0 Å². The summed E-state index contributed by atoms with van der Waals surface area (Å²) in [6, 6.07) is 1.95. The summed E-state index contributed by atoms with van der Waals surface area (Å²) in [4.78, 5) is 3.79. The van der Waals surface area contributed by atoms with Crippen LogP contribution in [0.25, 0.3) is 0 Å². The smallest absolute Gasteiger partial charge is 0.271 e. The van der Waals surface area contributed by atoms with Crippen molar-refractivity contribution in [2.45, 2.75) is 13.8 Å². The SMILES string of the molecule is CCOC=Nc1onc(C)c1C#N. The second-order valence-electron chi connectivity index (χ2n) is 2.25. The summed E-state index contributed by atoms with van der Waals surface area (Å²) in [5, 5.41) is 12.3. The molecule has 0 unspecified atom stereocenters. The van der Waals surface area contributed by atoms with Gasteiger partial charge in [0.2, 0.25) is 0 Å². The molecule has 0 spiro atoms. The molecule has 0 saturated carbocycles. The number of hydrogen-bond donors (Lipinski definition) is 0. The highest BCUT2D eigenvalue weighted by atomic mass is 16.5. The van der Waals surface area contributed by atoms with E-state index in [1.165, 1.54) is 6.40 Å². The van der Waals surface area contributed by atoms with Crippen molar-refractivity contribution in [1.82, 2.24) is 5.16 Å². The molecule has 0 saturated heterocycles. The molecule has 0 N–H and O–H groups in total. The number of aryl methyl sites for hydroxylation is 1. The molecular weight excluding hydrogens is 170 g/mol. The second-order valence-corrected chi connectivity index (χ2v) is 2.25. The number of ether oxygens (including phenoxy) is 1. The first kappa shape index (κ1) is 9.26. The maximum atomic E-state index is 8.68. The molecule has 0 aliphatic heterocycles. The first-order valence-corrected chi connectivity index (χ1v) is 3.80. The van der Waals surface area contributed by atoms with E-state index in [2.05, 4.69) is 10.1 Å². The van der Waals surface area contributed by atoms with Crippen molar-refractivity contribution in [3.63, 3.8) is 0 Å². The number of nitrogens with zero attached hydrogens (tertiary/aromatic N) is 3. The summed E-state index contributed by atoms with van der Waals surface area (Å²) in [5.74, 6) is 0.188. The number of hydrogen-bond acceptors (Lipinski definition) is 5. The molecule has 0 radical (unpaired) electrons. The standard InChI is InChI=1S/C8H9N3O2/c1-3-12-5-10-8-7(4-9)6(2)11-13-8/h5H,3H2,1-2H3. The molecule has 0 bridgehead atoms. The first-order valence-electron chi connectivity index (χ1n) is 3.80. The fraction of sp³-hybridized carbons (Fsp3) is 0.375. The van der Waals surface area contributed by atoms with Gasteiger partial charge in [-0.15, -0.1) is 0 Å². The number of nitriles is 1. The van der Waals surface area contributed by atoms with Crippen LogP contribution in [0.3, 0.4) is 0 Å². The van der Waals surface area contributed by atoms with Gasteiger partial charge in [0.05, 0.1) is 6.61 Å². The Morgan fingerprint density at radius 3 is 3.15 bits per heavy atom. The van der Waals surface area contributed by atoms with E-state index < -0.39 is 0 Å². The van der Waals surface area contributed by atoms with Crippen LogP contribution in [-0.2, 0) is 4.74 Å². The van der Waals surface area contributed by atoms with Crippen LogP contribution in [-0.4, -0.2) is 18.2 Å². The molecule has 1 aromatic heterocycles. The molecule has 13 heavy (non-hydrogen) atoms. The fourth-order valence-corrected chi connectivity index (χ4v) is 0.734. The van der Waals surface area contributed by atoms with Crippen molar-refractivity contribution in [2.24, 2.45) is 4.99 Å². The third-order valence-corrected chi connectivity index (χ3v) is 1.37. The maximum Gasteiger partial charge on any atom is 0.271 e. The average Bonchev–Trinajstić information content (AvgIpc) is 2.47. The summed E-state index contributed by atoms with van der Waals surface area (Å²) in [6.07, 6.45) is 1.24. The third kappa shape index (κ3) is 2.06. The zero-order valence-electron chi connectivity index (χ0n) is 7.44. The van der Waals surface area contributed by atoms with Crippen LogP contribution in [0, 0.1) is 18.3 Å². The molecule has 0 atom stereocenters. The lowest BCUT2D eigenvalue weighted by Crippen LogP contribution is -1.83. The number of rotatable bonds is 3. The molecule has 5 heteroatoms. The predicted octanol–water partition coefficient (Wildman–Crippen LogP) is 1.55. The van der Waals surface area contributed by atoms with Gasteiger partial charge in [-0.2, -0.15) is 10.3 Å². The van der Waals surface area contributed by atoms with Crippen LogP contribution in [0.2, 0.25) is 0 Å². The van der Waals surface area contributed by atoms with Crippen molar-refractivity contribution in [3.8, 4) is 6.07 Å². The minimum atomic E-state index is 0.188. The zero-order valence-corrected chi connectivity index (χ0v) is 7.44. The molecular formula is C8H9N3O2. The van der Waals surface area contributed by atoms with Gasteiger partial charge in [-0.05, 0) is 13.8 Å². The second kappa shape index (κ2) is 4.26. The first-order chi connectivity index (χ1) is 6.29. The average molecular weight is 179 g/mol. The van der Waals surface area contributed by atoms with Gasteiger partial charge in [-0.25, -0.2) is 0 Å². The highest BCUT2D eigenvalue weighted by Crippen LogP contribution is 2.20. The summed E-state index contributed by atoms with van der Waals surface area (Å²) in [5.41, 5.74) is 0.877. The van der Waals surface area contributed by atoms with Gasteiger partial charge in [-0.1, -0.05) is 5.16 Å². The van der Waals surface area contributed by atoms with Gasteiger partial charge >= 0.3 is 0 Å². The quantitative estimate of drug-likeness (QED) is 0.521. The molecule has 0 aromatic carbocycles. The molecule has 5 nitrogen and oxygen atoms in total. The van der Waals surface area contributed by atoms with Crippen LogP contribution in [0.15, 0.2) is 9.52 Å².